The Morgan fingerprint density at radius 2 is 1.76 bits per heavy atom. The molecular formula is C23H31N3O3. The van der Waals surface area contributed by atoms with Crippen molar-refractivity contribution in [3.63, 3.8) is 0 Å². The fourth-order valence-electron chi connectivity index (χ4n) is 4.24. The zero-order valence-electron chi connectivity index (χ0n) is 18.2. The summed E-state index contributed by atoms with van der Waals surface area (Å²) < 4.78 is 5.81. The normalized spacial score (nSPS) is 17.4. The van der Waals surface area contributed by atoms with Crippen LogP contribution in [0.5, 0.6) is 0 Å². The lowest BCUT2D eigenvalue weighted by atomic mass is 9.75. The van der Waals surface area contributed by atoms with E-state index in [-0.39, 0.29) is 29.9 Å². The van der Waals surface area contributed by atoms with Crippen LogP contribution in [-0.4, -0.2) is 18.5 Å². The number of carbonyl (C=O) groups excluding carboxylic acids is 2. The Hall–Kier alpha value is -2.76. The second kappa shape index (κ2) is 7.93. The van der Waals surface area contributed by atoms with Crippen molar-refractivity contribution < 1.29 is 14.0 Å². The van der Waals surface area contributed by atoms with Crippen molar-refractivity contribution in [2.45, 2.75) is 60.4 Å². The average Bonchev–Trinajstić information content (AvgIpc) is 2.95. The summed E-state index contributed by atoms with van der Waals surface area (Å²) in [6.45, 7) is 12.1. The van der Waals surface area contributed by atoms with Crippen molar-refractivity contribution in [2.75, 3.05) is 11.9 Å². The number of anilines is 1. The van der Waals surface area contributed by atoms with Gasteiger partial charge in [0.15, 0.2) is 0 Å². The lowest BCUT2D eigenvalue weighted by Gasteiger charge is -2.34. The van der Waals surface area contributed by atoms with E-state index in [2.05, 4.69) is 29.8 Å². The Labute approximate surface area is 172 Å². The number of amides is 3. The van der Waals surface area contributed by atoms with Crippen molar-refractivity contribution in [2.24, 2.45) is 5.41 Å². The van der Waals surface area contributed by atoms with Crippen LogP contribution in [0, 0.1) is 33.1 Å². The molecule has 1 aliphatic rings. The van der Waals surface area contributed by atoms with Gasteiger partial charge in [0, 0.05) is 17.7 Å². The number of nitrogens with one attached hydrogen (secondary N) is 3. The van der Waals surface area contributed by atoms with Gasteiger partial charge in [-0.1, -0.05) is 31.5 Å². The van der Waals surface area contributed by atoms with E-state index in [1.54, 1.807) is 0 Å². The molecule has 0 saturated carbocycles. The van der Waals surface area contributed by atoms with Crippen LogP contribution in [0.15, 0.2) is 22.6 Å². The molecule has 156 valence electrons. The van der Waals surface area contributed by atoms with Gasteiger partial charge in [-0.25, -0.2) is 4.79 Å². The zero-order valence-corrected chi connectivity index (χ0v) is 18.2. The maximum Gasteiger partial charge on any atom is 0.315 e. The van der Waals surface area contributed by atoms with Crippen LogP contribution < -0.4 is 16.0 Å². The molecule has 1 aromatic carbocycles. The van der Waals surface area contributed by atoms with E-state index in [4.69, 9.17) is 4.42 Å². The number of carbonyl (C=O) groups is 2. The number of hydrogen-bond acceptors (Lipinski definition) is 3. The van der Waals surface area contributed by atoms with Gasteiger partial charge < -0.3 is 20.4 Å². The number of aryl methyl sites for hydroxylation is 4. The van der Waals surface area contributed by atoms with Gasteiger partial charge in [0.05, 0.1) is 12.6 Å². The average molecular weight is 398 g/mol. The van der Waals surface area contributed by atoms with Crippen LogP contribution in [0.25, 0.3) is 0 Å². The molecule has 0 radical (unpaired) electrons. The first-order valence-electron chi connectivity index (χ1n) is 10.1. The standard InChI is InChI=1S/C23H31N3O3/c1-13-7-14(2)21(15(3)8-13)26-20(27)12-24-22(28)25-18-10-23(5,6)11-19-17(18)9-16(4)29-19/h7-9,18H,10-12H2,1-6H3,(H,26,27)(H2,24,25,28). The molecule has 3 N–H and O–H groups in total. The minimum absolute atomic E-state index is 0.0348. The topological polar surface area (TPSA) is 83.4 Å². The molecular weight excluding hydrogens is 366 g/mol. The summed E-state index contributed by atoms with van der Waals surface area (Å²) in [4.78, 5) is 24.8. The molecule has 1 heterocycles. The predicted molar refractivity (Wildman–Crippen MR) is 114 cm³/mol. The lowest BCUT2D eigenvalue weighted by Crippen LogP contribution is -2.43. The second-order valence-corrected chi connectivity index (χ2v) is 8.98. The van der Waals surface area contributed by atoms with Gasteiger partial charge >= 0.3 is 6.03 Å². The number of furan rings is 1. The van der Waals surface area contributed by atoms with Crippen LogP contribution in [-0.2, 0) is 11.2 Å². The van der Waals surface area contributed by atoms with Crippen LogP contribution >= 0.6 is 0 Å². The zero-order chi connectivity index (χ0) is 21.3. The largest absolute Gasteiger partial charge is 0.466 e. The highest BCUT2D eigenvalue weighted by Crippen LogP contribution is 2.41. The first-order chi connectivity index (χ1) is 13.5. The first kappa shape index (κ1) is 21.0. The van der Waals surface area contributed by atoms with Crippen LogP contribution in [0.2, 0.25) is 0 Å². The SMILES string of the molecule is Cc1cc(C)c(NC(=O)CNC(=O)NC2CC(C)(C)Cc3oc(C)cc32)c(C)c1. The highest BCUT2D eigenvalue weighted by molar-refractivity contribution is 5.95. The molecule has 3 rings (SSSR count). The fourth-order valence-corrected chi connectivity index (χ4v) is 4.24. The third kappa shape index (κ3) is 5.00. The minimum atomic E-state index is -0.356. The number of rotatable bonds is 4. The molecule has 6 nitrogen and oxygen atoms in total. The van der Waals surface area contributed by atoms with Crippen LogP contribution in [0.4, 0.5) is 10.5 Å². The van der Waals surface area contributed by atoms with Crippen molar-refractivity contribution >= 4 is 17.6 Å². The molecule has 1 atom stereocenters. The summed E-state index contributed by atoms with van der Waals surface area (Å²) in [7, 11) is 0. The number of fused-ring (bicyclic) bond motifs is 1. The number of benzene rings is 1. The second-order valence-electron chi connectivity index (χ2n) is 8.98. The predicted octanol–water partition coefficient (Wildman–Crippen LogP) is 4.46. The van der Waals surface area contributed by atoms with Gasteiger partial charge in [-0.05, 0) is 56.7 Å². The molecule has 29 heavy (non-hydrogen) atoms. The van der Waals surface area contributed by atoms with Gasteiger partial charge in [-0.15, -0.1) is 0 Å². The highest BCUT2D eigenvalue weighted by Gasteiger charge is 2.35. The maximum atomic E-state index is 12.4. The molecule has 0 bridgehead atoms. The summed E-state index contributed by atoms with van der Waals surface area (Å²) in [6, 6.07) is 5.56. The molecule has 1 aliphatic carbocycles. The summed E-state index contributed by atoms with van der Waals surface area (Å²) in [6.07, 6.45) is 1.67. The molecule has 0 fully saturated rings. The van der Waals surface area contributed by atoms with Crippen molar-refractivity contribution in [1.82, 2.24) is 10.6 Å². The third-order valence-electron chi connectivity index (χ3n) is 5.39. The molecule has 0 spiro atoms. The Morgan fingerprint density at radius 3 is 2.41 bits per heavy atom. The van der Waals surface area contributed by atoms with Crippen molar-refractivity contribution in [1.29, 1.82) is 0 Å². The quantitative estimate of drug-likeness (QED) is 0.712. The minimum Gasteiger partial charge on any atom is -0.466 e. The number of hydrogen-bond donors (Lipinski definition) is 3. The number of urea groups is 1. The van der Waals surface area contributed by atoms with E-state index < -0.39 is 0 Å². The van der Waals surface area contributed by atoms with E-state index in [0.29, 0.717) is 0 Å². The van der Waals surface area contributed by atoms with E-state index in [1.807, 2.05) is 45.9 Å². The fraction of sp³-hybridized carbons (Fsp3) is 0.478. The first-order valence-corrected chi connectivity index (χ1v) is 10.1. The smallest absolute Gasteiger partial charge is 0.315 e. The van der Waals surface area contributed by atoms with E-state index in [1.165, 1.54) is 0 Å². The lowest BCUT2D eigenvalue weighted by molar-refractivity contribution is -0.115. The van der Waals surface area contributed by atoms with Gasteiger partial charge in [0.1, 0.15) is 11.5 Å². The van der Waals surface area contributed by atoms with Crippen molar-refractivity contribution in [3.8, 4) is 0 Å². The van der Waals surface area contributed by atoms with E-state index in [9.17, 15) is 9.59 Å². The van der Waals surface area contributed by atoms with Gasteiger partial charge in [-0.3, -0.25) is 4.79 Å². The van der Waals surface area contributed by atoms with Gasteiger partial charge in [0.25, 0.3) is 0 Å². The molecule has 3 amide bonds. The van der Waals surface area contributed by atoms with Crippen LogP contribution in [0.3, 0.4) is 0 Å². The third-order valence-corrected chi connectivity index (χ3v) is 5.39. The maximum absolute atomic E-state index is 12.4. The van der Waals surface area contributed by atoms with Gasteiger partial charge in [0.2, 0.25) is 5.91 Å². The molecule has 0 saturated heterocycles. The molecule has 1 unspecified atom stereocenters. The Kier molecular flexibility index (Phi) is 5.73. The summed E-state index contributed by atoms with van der Waals surface area (Å²) in [5, 5.41) is 8.58. The van der Waals surface area contributed by atoms with E-state index >= 15 is 0 Å². The summed E-state index contributed by atoms with van der Waals surface area (Å²) in [5.74, 6) is 1.54. The van der Waals surface area contributed by atoms with Crippen LogP contribution in [0.1, 0.15) is 60.1 Å². The Balaban J connectivity index is 1.58. The molecule has 2 aromatic rings. The van der Waals surface area contributed by atoms with Gasteiger partial charge in [-0.2, -0.15) is 0 Å². The molecule has 0 aliphatic heterocycles. The monoisotopic (exact) mass is 397 g/mol. The molecule has 1 aromatic heterocycles. The Morgan fingerprint density at radius 1 is 1.10 bits per heavy atom. The Bertz CT molecular complexity index is 920. The van der Waals surface area contributed by atoms with Crippen molar-refractivity contribution in [3.05, 3.63) is 52.0 Å². The molecule has 6 heteroatoms. The highest BCUT2D eigenvalue weighted by atomic mass is 16.3. The summed E-state index contributed by atoms with van der Waals surface area (Å²) >= 11 is 0. The van der Waals surface area contributed by atoms with E-state index in [0.717, 1.165) is 52.3 Å². The summed E-state index contributed by atoms with van der Waals surface area (Å²) in [5.41, 5.74) is 5.04.